The summed E-state index contributed by atoms with van der Waals surface area (Å²) in [7, 11) is 0. The Kier molecular flexibility index (Phi) is 17.1. The molecule has 50 heavy (non-hydrogen) atoms. The topological polar surface area (TPSA) is 0 Å². The molecule has 0 N–H and O–H groups in total. The van der Waals surface area contributed by atoms with Crippen LogP contribution in [-0.2, 0) is 46.7 Å². The van der Waals surface area contributed by atoms with E-state index in [0.29, 0.717) is 0 Å². The Bertz CT molecular complexity index is 2180. The van der Waals surface area contributed by atoms with Gasteiger partial charge in [0.15, 0.2) is 0 Å². The summed E-state index contributed by atoms with van der Waals surface area (Å²) in [6.45, 7) is 13.6. The molecule has 8 rings (SSSR count). The van der Waals surface area contributed by atoms with E-state index >= 15 is 0 Å². The van der Waals surface area contributed by atoms with Crippen molar-refractivity contribution in [1.82, 2.24) is 0 Å². The summed E-state index contributed by atoms with van der Waals surface area (Å²) in [6.07, 6.45) is 0. The molecule has 0 aliphatic carbocycles. The molecule has 0 amide bonds. The molecule has 0 saturated heterocycles. The molecule has 0 atom stereocenters. The zero-order valence-electron chi connectivity index (χ0n) is 29.6. The fraction of sp³-hybridized carbons (Fsp3) is 0.136. The second-order valence-electron chi connectivity index (χ2n) is 12.7. The molecule has 0 bridgehead atoms. The number of hydrogen-bond donors (Lipinski definition) is 0. The van der Waals surface area contributed by atoms with Gasteiger partial charge in [-0.1, -0.05) is 122 Å². The van der Waals surface area contributed by atoms with Gasteiger partial charge in [-0.2, -0.15) is 12.1 Å². The van der Waals surface area contributed by atoms with Gasteiger partial charge in [0, 0.05) is 0 Å². The molecule has 0 aliphatic heterocycles. The Labute approximate surface area is 341 Å². The van der Waals surface area contributed by atoms with E-state index < -0.39 is 0 Å². The summed E-state index contributed by atoms with van der Waals surface area (Å²) < 4.78 is 0. The van der Waals surface area contributed by atoms with Crippen LogP contribution in [0, 0.1) is 13.8 Å². The molecule has 6 heteroatoms. The maximum absolute atomic E-state index is 2.31. The first kappa shape index (κ1) is 42.3. The van der Waals surface area contributed by atoms with Crippen LogP contribution in [0.1, 0.15) is 11.1 Å². The van der Waals surface area contributed by atoms with Gasteiger partial charge < -0.3 is 24.8 Å². The molecule has 0 fully saturated rings. The summed E-state index contributed by atoms with van der Waals surface area (Å²) in [5, 5.41) is 10.6. The van der Waals surface area contributed by atoms with Crippen LogP contribution in [0.25, 0.3) is 65.3 Å². The summed E-state index contributed by atoms with van der Waals surface area (Å²) >= 11 is 3.48. The Morgan fingerprint density at radius 2 is 0.680 bits per heavy atom. The van der Waals surface area contributed by atoms with Crippen LogP contribution in [0.3, 0.4) is 0 Å². The molecule has 0 aliphatic rings. The van der Waals surface area contributed by atoms with E-state index in [0.717, 1.165) is 0 Å². The first-order chi connectivity index (χ1) is 23.1. The van der Waals surface area contributed by atoms with Crippen LogP contribution in [0.15, 0.2) is 146 Å². The molecule has 0 heterocycles. The number of fused-ring (bicyclic) bond motifs is 4. The normalized spacial score (nSPS) is 10.0. The van der Waals surface area contributed by atoms with Crippen molar-refractivity contribution < 1.29 is 71.5 Å². The molecule has 0 aromatic heterocycles. The van der Waals surface area contributed by atoms with E-state index in [9.17, 15) is 0 Å². The van der Waals surface area contributed by atoms with E-state index in [4.69, 9.17) is 0 Å². The zero-order chi connectivity index (χ0) is 34.2. The fourth-order valence-corrected chi connectivity index (χ4v) is 6.16. The minimum absolute atomic E-state index is 0. The smallest absolute Gasteiger partial charge is 0.0114 e. The van der Waals surface area contributed by atoms with Gasteiger partial charge in [0.2, 0.25) is 0 Å². The van der Waals surface area contributed by atoms with Crippen LogP contribution >= 0.6 is 0 Å². The second kappa shape index (κ2) is 20.2. The van der Waals surface area contributed by atoms with Crippen molar-refractivity contribution >= 4 is 54.0 Å². The van der Waals surface area contributed by atoms with Gasteiger partial charge in [-0.3, -0.25) is 0 Å². The minimum atomic E-state index is 0. The molecule has 8 aromatic carbocycles. The number of rotatable bonds is 2. The first-order valence-electron chi connectivity index (χ1n) is 16.4. The van der Waals surface area contributed by atoms with Crippen LogP contribution in [-0.4, -0.2) is 10.9 Å². The van der Waals surface area contributed by atoms with Crippen LogP contribution in [0.5, 0.6) is 0 Å². The minimum Gasteiger partial charge on any atom is -1.00 e. The molecule has 0 unspecified atom stereocenters. The summed E-state index contributed by atoms with van der Waals surface area (Å²) in [6, 6.07) is 52.5. The Morgan fingerprint density at radius 1 is 0.400 bits per heavy atom. The average molecular weight is 880 g/mol. The van der Waals surface area contributed by atoms with E-state index in [1.807, 2.05) is 0 Å². The third-order valence-electron chi connectivity index (χ3n) is 7.95. The van der Waals surface area contributed by atoms with Crippen molar-refractivity contribution in [3.8, 4) is 22.3 Å². The maximum atomic E-state index is 2.31. The third-order valence-corrected chi connectivity index (χ3v) is 7.95. The summed E-state index contributed by atoms with van der Waals surface area (Å²) in [4.78, 5) is 0. The predicted octanol–water partition coefficient (Wildman–Crippen LogP) is 6.95. The number of hydrogen-bond acceptors (Lipinski definition) is 0. The van der Waals surface area contributed by atoms with Gasteiger partial charge in [0.25, 0.3) is 0 Å². The zero-order valence-corrected chi connectivity index (χ0v) is 38.0. The van der Waals surface area contributed by atoms with Crippen molar-refractivity contribution in [3.63, 3.8) is 0 Å². The van der Waals surface area contributed by atoms with Crippen LogP contribution in [0.2, 0.25) is 26.2 Å². The van der Waals surface area contributed by atoms with Crippen LogP contribution < -0.4 is 24.8 Å². The van der Waals surface area contributed by atoms with Crippen LogP contribution in [0.4, 0.5) is 0 Å². The molecular formula is C44H42Cl2Si2Zr2-4. The largest absolute Gasteiger partial charge is 1.00 e. The monoisotopic (exact) mass is 876 g/mol. The second-order valence-corrected chi connectivity index (χ2v) is 31.5. The first-order valence-corrected chi connectivity index (χ1v) is 28.8. The molecular weight excluding hydrogens is 838 g/mol. The quantitative estimate of drug-likeness (QED) is 0.130. The van der Waals surface area contributed by atoms with Crippen molar-refractivity contribution in [2.75, 3.05) is 0 Å². The van der Waals surface area contributed by atoms with Crippen molar-refractivity contribution in [3.05, 3.63) is 157 Å². The average Bonchev–Trinajstić information content (AvgIpc) is 3.65. The summed E-state index contributed by atoms with van der Waals surface area (Å²) in [5.41, 5.74) is 8.36. The molecule has 0 spiro atoms. The van der Waals surface area contributed by atoms with Crippen molar-refractivity contribution in [2.45, 2.75) is 40.0 Å². The van der Waals surface area contributed by atoms with Gasteiger partial charge in [-0.15, -0.1) is 69.1 Å². The maximum Gasteiger partial charge on any atom is -0.0114 e. The van der Waals surface area contributed by atoms with Gasteiger partial charge in [0.1, 0.15) is 0 Å². The SMILES string of the molecule is C[Si](C)=[Zr].C[Si](C)=[Zr].Cc1cc2c(-c3cccc4ccccc34)cccc2[cH-]1.Cc1cc2c(-c3cccc4ccccc34)cccc2[cH-]1.[Cl-].[Cl-]. The van der Waals surface area contributed by atoms with Crippen molar-refractivity contribution in [2.24, 2.45) is 0 Å². The van der Waals surface area contributed by atoms with Gasteiger partial charge in [0.05, 0.1) is 0 Å². The molecule has 0 radical (unpaired) electrons. The third kappa shape index (κ3) is 10.9. The Morgan fingerprint density at radius 3 is 1.04 bits per heavy atom. The molecule has 252 valence electrons. The number of aryl methyl sites for hydroxylation is 2. The standard InChI is InChI=1S/2C20H15.2C2H6Si.2ClH.2Zr/c2*1-14-12-16-8-5-11-19(20(16)13-14)18-10-4-7-15-6-2-3-9-17(15)18;2*1-3-2;;;;/h2*2-13H,1H3;2*1-2H3;2*1H;;/q2*-1;;;;;;/p-2. The van der Waals surface area contributed by atoms with Gasteiger partial charge >= 0.3 is 83.7 Å². The number of benzene rings is 6. The van der Waals surface area contributed by atoms with E-state index in [2.05, 4.69) is 186 Å². The molecule has 0 nitrogen and oxygen atoms in total. The number of halogens is 2. The predicted molar refractivity (Wildman–Crippen MR) is 209 cm³/mol. The Hall–Kier alpha value is -2.16. The molecule has 8 aromatic rings. The van der Waals surface area contributed by atoms with E-state index in [1.165, 1.54) is 76.5 Å². The van der Waals surface area contributed by atoms with E-state index in [1.54, 1.807) is 46.7 Å². The summed E-state index contributed by atoms with van der Waals surface area (Å²) in [5.74, 6) is 0. The van der Waals surface area contributed by atoms with Gasteiger partial charge in [-0.25, -0.2) is 0 Å². The van der Waals surface area contributed by atoms with Gasteiger partial charge in [-0.05, 0) is 32.7 Å². The van der Waals surface area contributed by atoms with E-state index in [-0.39, 0.29) is 35.7 Å². The van der Waals surface area contributed by atoms with Crippen molar-refractivity contribution in [1.29, 1.82) is 0 Å². The Balaban J connectivity index is 0.000000216. The fourth-order valence-electron chi connectivity index (χ4n) is 6.16. The molecule has 0 saturated carbocycles.